The molecule has 0 spiro atoms. The van der Waals surface area contributed by atoms with E-state index in [0.717, 1.165) is 42.5 Å². The van der Waals surface area contributed by atoms with Gasteiger partial charge in [0.25, 0.3) is 5.56 Å². The highest BCUT2D eigenvalue weighted by molar-refractivity contribution is 7.18. The molecule has 1 aliphatic carbocycles. The van der Waals surface area contributed by atoms with Crippen LogP contribution in [0.15, 0.2) is 29.1 Å². The largest absolute Gasteiger partial charge is 0.324 e. The van der Waals surface area contributed by atoms with Gasteiger partial charge in [0.15, 0.2) is 4.83 Å². The molecule has 1 amide bonds. The average Bonchev–Trinajstić information content (AvgIpc) is 3.02. The highest BCUT2D eigenvalue weighted by Gasteiger charge is 2.24. The molecule has 0 saturated carbocycles. The maximum atomic E-state index is 12.9. The van der Waals surface area contributed by atoms with Crippen LogP contribution in [0, 0.1) is 5.92 Å². The second-order valence-electron chi connectivity index (χ2n) is 7.14. The van der Waals surface area contributed by atoms with Gasteiger partial charge in [-0.05, 0) is 48.8 Å². The van der Waals surface area contributed by atoms with Crippen LogP contribution in [0.2, 0.25) is 0 Å². The molecule has 1 N–H and O–H groups in total. The van der Waals surface area contributed by atoms with Crippen LogP contribution in [-0.4, -0.2) is 20.9 Å². The molecule has 3 aromatic rings. The van der Waals surface area contributed by atoms with Crippen LogP contribution in [0.5, 0.6) is 0 Å². The SMILES string of the molecule is CCc1ccccc1NC(=O)Cn1nnc2sc3c(c2c1=O)CC[C@@H](C)C3. The number of carbonyl (C=O) groups is 1. The highest BCUT2D eigenvalue weighted by Crippen LogP contribution is 2.35. The van der Waals surface area contributed by atoms with E-state index in [1.165, 1.54) is 9.56 Å². The molecule has 6 nitrogen and oxygen atoms in total. The van der Waals surface area contributed by atoms with Crippen molar-refractivity contribution >= 4 is 33.1 Å². The van der Waals surface area contributed by atoms with Crippen LogP contribution in [0.25, 0.3) is 10.2 Å². The van der Waals surface area contributed by atoms with Gasteiger partial charge in [-0.1, -0.05) is 37.3 Å². The van der Waals surface area contributed by atoms with Crippen molar-refractivity contribution in [3.05, 3.63) is 50.6 Å². The van der Waals surface area contributed by atoms with Crippen molar-refractivity contribution in [3.8, 4) is 0 Å². The lowest BCUT2D eigenvalue weighted by molar-refractivity contribution is -0.117. The Morgan fingerprint density at radius 3 is 3.00 bits per heavy atom. The van der Waals surface area contributed by atoms with E-state index >= 15 is 0 Å². The number of para-hydroxylation sites is 1. The maximum Gasteiger partial charge on any atom is 0.279 e. The van der Waals surface area contributed by atoms with Crippen LogP contribution >= 0.6 is 11.3 Å². The Labute approximate surface area is 161 Å². The molecular formula is C20H22N4O2S. The summed E-state index contributed by atoms with van der Waals surface area (Å²) < 4.78 is 1.18. The lowest BCUT2D eigenvalue weighted by atomic mass is 9.89. The second kappa shape index (κ2) is 7.23. The number of benzene rings is 1. The number of anilines is 1. The monoisotopic (exact) mass is 382 g/mol. The number of hydrogen-bond acceptors (Lipinski definition) is 5. The fraction of sp³-hybridized carbons (Fsp3) is 0.400. The van der Waals surface area contributed by atoms with Crippen molar-refractivity contribution in [1.29, 1.82) is 0 Å². The predicted molar refractivity (Wildman–Crippen MR) is 107 cm³/mol. The molecule has 0 aliphatic heterocycles. The van der Waals surface area contributed by atoms with E-state index in [4.69, 9.17) is 0 Å². The number of thiophene rings is 1. The van der Waals surface area contributed by atoms with Crippen molar-refractivity contribution in [2.24, 2.45) is 5.92 Å². The van der Waals surface area contributed by atoms with Crippen molar-refractivity contribution in [2.45, 2.75) is 46.1 Å². The highest BCUT2D eigenvalue weighted by atomic mass is 32.1. The first kappa shape index (κ1) is 17.9. The van der Waals surface area contributed by atoms with E-state index in [-0.39, 0.29) is 18.0 Å². The summed E-state index contributed by atoms with van der Waals surface area (Å²) in [6, 6.07) is 7.67. The Morgan fingerprint density at radius 1 is 1.37 bits per heavy atom. The summed E-state index contributed by atoms with van der Waals surface area (Å²) in [6.07, 6.45) is 3.79. The molecule has 0 fully saturated rings. The van der Waals surface area contributed by atoms with Crippen LogP contribution in [0.3, 0.4) is 0 Å². The van der Waals surface area contributed by atoms with Gasteiger partial charge in [-0.25, -0.2) is 4.68 Å². The third-order valence-electron chi connectivity index (χ3n) is 5.15. The molecule has 1 atom stereocenters. The number of nitrogens with zero attached hydrogens (tertiary/aromatic N) is 3. The molecule has 140 valence electrons. The van der Waals surface area contributed by atoms with E-state index in [0.29, 0.717) is 16.1 Å². The van der Waals surface area contributed by atoms with Gasteiger partial charge in [-0.2, -0.15) is 0 Å². The number of carbonyl (C=O) groups excluding carboxylic acids is 1. The number of aromatic nitrogens is 3. The Bertz CT molecular complexity index is 1070. The summed E-state index contributed by atoms with van der Waals surface area (Å²) in [6.45, 7) is 4.13. The second-order valence-corrected chi connectivity index (χ2v) is 8.23. The molecule has 0 bridgehead atoms. The Hall–Kier alpha value is -2.54. The molecule has 2 aromatic heterocycles. The molecule has 2 heterocycles. The van der Waals surface area contributed by atoms with Crippen LogP contribution in [-0.2, 0) is 30.6 Å². The predicted octanol–water partition coefficient (Wildman–Crippen LogP) is 3.18. The van der Waals surface area contributed by atoms with Gasteiger partial charge in [0.05, 0.1) is 5.39 Å². The first-order chi connectivity index (χ1) is 13.1. The third kappa shape index (κ3) is 3.39. The van der Waals surface area contributed by atoms with Gasteiger partial charge in [0, 0.05) is 10.6 Å². The standard InChI is InChI=1S/C20H22N4O2S/c1-3-13-6-4-5-7-15(13)21-17(25)11-24-20(26)18-14-9-8-12(2)10-16(14)27-19(18)22-23-24/h4-7,12H,3,8-11H2,1-2H3,(H,21,25)/t12-/m1/s1. The molecule has 27 heavy (non-hydrogen) atoms. The Morgan fingerprint density at radius 2 is 2.19 bits per heavy atom. The van der Waals surface area contributed by atoms with Crippen LogP contribution < -0.4 is 10.9 Å². The zero-order valence-electron chi connectivity index (χ0n) is 15.5. The molecule has 0 saturated heterocycles. The molecular weight excluding hydrogens is 360 g/mol. The minimum absolute atomic E-state index is 0.138. The molecule has 1 aromatic carbocycles. The summed E-state index contributed by atoms with van der Waals surface area (Å²) in [5.74, 6) is 0.356. The minimum atomic E-state index is -0.274. The van der Waals surface area contributed by atoms with Crippen molar-refractivity contribution in [3.63, 3.8) is 0 Å². The summed E-state index contributed by atoms with van der Waals surface area (Å²) >= 11 is 1.57. The number of nitrogens with one attached hydrogen (secondary N) is 1. The maximum absolute atomic E-state index is 12.9. The fourth-order valence-electron chi connectivity index (χ4n) is 3.67. The first-order valence-electron chi connectivity index (χ1n) is 9.32. The number of fused-ring (bicyclic) bond motifs is 3. The average molecular weight is 382 g/mol. The molecule has 0 unspecified atom stereocenters. The Kier molecular flexibility index (Phi) is 4.78. The summed E-state index contributed by atoms with van der Waals surface area (Å²) in [7, 11) is 0. The van der Waals surface area contributed by atoms with Gasteiger partial charge < -0.3 is 5.32 Å². The fourth-order valence-corrected chi connectivity index (χ4v) is 4.99. The first-order valence-corrected chi connectivity index (χ1v) is 10.1. The van der Waals surface area contributed by atoms with Crippen LogP contribution in [0.1, 0.15) is 36.3 Å². The topological polar surface area (TPSA) is 76.9 Å². The van der Waals surface area contributed by atoms with E-state index < -0.39 is 0 Å². The number of aryl methyl sites for hydroxylation is 2. The number of rotatable bonds is 4. The third-order valence-corrected chi connectivity index (χ3v) is 6.29. The quantitative estimate of drug-likeness (QED) is 0.752. The molecule has 0 radical (unpaired) electrons. The number of hydrogen-bond donors (Lipinski definition) is 1. The zero-order valence-corrected chi connectivity index (χ0v) is 16.3. The number of amides is 1. The van der Waals surface area contributed by atoms with E-state index in [1.54, 1.807) is 11.3 Å². The van der Waals surface area contributed by atoms with Crippen LogP contribution in [0.4, 0.5) is 5.69 Å². The Balaban J connectivity index is 1.62. The van der Waals surface area contributed by atoms with Crippen molar-refractivity contribution < 1.29 is 4.79 Å². The minimum Gasteiger partial charge on any atom is -0.324 e. The summed E-state index contributed by atoms with van der Waals surface area (Å²) in [5.41, 5.74) is 2.72. The van der Waals surface area contributed by atoms with Gasteiger partial charge in [-0.15, -0.1) is 16.4 Å². The van der Waals surface area contributed by atoms with Gasteiger partial charge >= 0.3 is 0 Å². The van der Waals surface area contributed by atoms with E-state index in [2.05, 4.69) is 22.6 Å². The van der Waals surface area contributed by atoms with Gasteiger partial charge in [-0.3, -0.25) is 9.59 Å². The molecule has 1 aliphatic rings. The normalized spacial score (nSPS) is 16.3. The molecule has 7 heteroatoms. The zero-order chi connectivity index (χ0) is 19.0. The van der Waals surface area contributed by atoms with Gasteiger partial charge in [0.1, 0.15) is 6.54 Å². The lowest BCUT2D eigenvalue weighted by Crippen LogP contribution is -2.30. The summed E-state index contributed by atoms with van der Waals surface area (Å²) in [4.78, 5) is 27.3. The van der Waals surface area contributed by atoms with Crippen molar-refractivity contribution in [2.75, 3.05) is 5.32 Å². The van der Waals surface area contributed by atoms with Gasteiger partial charge in [0.2, 0.25) is 5.91 Å². The van der Waals surface area contributed by atoms with E-state index in [9.17, 15) is 9.59 Å². The van der Waals surface area contributed by atoms with Crippen molar-refractivity contribution in [1.82, 2.24) is 15.0 Å². The molecule has 4 rings (SSSR count). The lowest BCUT2D eigenvalue weighted by Gasteiger charge is -2.17. The smallest absolute Gasteiger partial charge is 0.279 e. The summed E-state index contributed by atoms with van der Waals surface area (Å²) in [5, 5.41) is 11.7. The van der Waals surface area contributed by atoms with E-state index in [1.807, 2.05) is 31.2 Å².